The summed E-state index contributed by atoms with van der Waals surface area (Å²) in [4.78, 5) is 42.1. The number of fused-ring (bicyclic) bond motifs is 1. The summed E-state index contributed by atoms with van der Waals surface area (Å²) in [6, 6.07) is 12.0. The number of esters is 1. The zero-order valence-corrected chi connectivity index (χ0v) is 19.2. The number of hydrogen-bond acceptors (Lipinski definition) is 7. The average molecular weight is 484 g/mol. The third kappa shape index (κ3) is 4.37. The third-order valence-corrected chi connectivity index (χ3v) is 6.28. The smallest absolute Gasteiger partial charge is 0.338 e. The van der Waals surface area contributed by atoms with Gasteiger partial charge in [-0.1, -0.05) is 47.2 Å². The first-order valence-electron chi connectivity index (χ1n) is 9.99. The Hall–Kier alpha value is -3.56. The zero-order valence-electron chi connectivity index (χ0n) is 17.6. The van der Waals surface area contributed by atoms with Crippen LogP contribution in [0.15, 0.2) is 69.6 Å². The van der Waals surface area contributed by atoms with Crippen molar-refractivity contribution in [2.75, 3.05) is 6.61 Å². The van der Waals surface area contributed by atoms with Crippen LogP contribution in [0, 0.1) is 10.1 Å². The molecule has 10 heteroatoms. The van der Waals surface area contributed by atoms with Crippen LogP contribution in [0.2, 0.25) is 5.02 Å². The van der Waals surface area contributed by atoms with Crippen molar-refractivity contribution in [3.63, 3.8) is 0 Å². The molecule has 0 fully saturated rings. The Kier molecular flexibility index (Phi) is 6.26. The number of benzene rings is 2. The Labute approximate surface area is 196 Å². The molecule has 168 valence electrons. The topological polar surface area (TPSA) is 104 Å². The van der Waals surface area contributed by atoms with Crippen LogP contribution in [0.4, 0.5) is 5.69 Å². The van der Waals surface area contributed by atoms with Crippen molar-refractivity contribution >= 4 is 40.7 Å². The van der Waals surface area contributed by atoms with Crippen LogP contribution in [-0.2, 0) is 9.53 Å². The van der Waals surface area contributed by atoms with Crippen molar-refractivity contribution in [1.29, 1.82) is 0 Å². The lowest BCUT2D eigenvalue weighted by Crippen LogP contribution is -2.40. The first kappa shape index (κ1) is 22.6. The van der Waals surface area contributed by atoms with Crippen LogP contribution < -0.4 is 14.9 Å². The van der Waals surface area contributed by atoms with E-state index >= 15 is 0 Å². The van der Waals surface area contributed by atoms with Crippen molar-refractivity contribution < 1.29 is 14.5 Å². The molecule has 1 aliphatic heterocycles. The molecule has 3 aromatic rings. The summed E-state index contributed by atoms with van der Waals surface area (Å²) in [6.07, 6.45) is 1.70. The third-order valence-electron chi connectivity index (χ3n) is 5.06. The molecule has 0 bridgehead atoms. The number of carbonyl (C=O) groups is 1. The minimum Gasteiger partial charge on any atom is -0.463 e. The number of rotatable bonds is 5. The molecule has 1 atom stereocenters. The van der Waals surface area contributed by atoms with Gasteiger partial charge in [0.05, 0.1) is 33.4 Å². The summed E-state index contributed by atoms with van der Waals surface area (Å²) < 4.78 is 7.01. The van der Waals surface area contributed by atoms with Crippen LogP contribution in [0.1, 0.15) is 31.0 Å². The SMILES string of the molecule is CCOC(=O)C1=C(C)N=c2s/c(=C/c3cccc(Cl)c3)c(=O)n2[C@H]1c1cccc([N+](=O)[O-])c1. The van der Waals surface area contributed by atoms with E-state index in [0.29, 0.717) is 25.6 Å². The summed E-state index contributed by atoms with van der Waals surface area (Å²) in [6.45, 7) is 3.47. The van der Waals surface area contributed by atoms with Crippen molar-refractivity contribution in [2.24, 2.45) is 4.99 Å². The second-order valence-corrected chi connectivity index (χ2v) is 8.65. The van der Waals surface area contributed by atoms with Crippen molar-refractivity contribution in [3.8, 4) is 0 Å². The summed E-state index contributed by atoms with van der Waals surface area (Å²) in [7, 11) is 0. The number of aromatic nitrogens is 1. The van der Waals surface area contributed by atoms with E-state index in [-0.39, 0.29) is 23.4 Å². The fourth-order valence-corrected chi connectivity index (χ4v) is 4.91. The lowest BCUT2D eigenvalue weighted by Gasteiger charge is -2.24. The number of halogens is 1. The van der Waals surface area contributed by atoms with E-state index in [9.17, 15) is 19.7 Å². The van der Waals surface area contributed by atoms with Crippen LogP contribution in [-0.4, -0.2) is 22.1 Å². The molecule has 2 aromatic carbocycles. The minimum atomic E-state index is -0.915. The molecule has 1 aromatic heterocycles. The molecular formula is C23H18ClN3O5S. The highest BCUT2D eigenvalue weighted by atomic mass is 35.5. The molecule has 1 aliphatic rings. The van der Waals surface area contributed by atoms with Crippen molar-refractivity contribution in [3.05, 3.63) is 106 Å². The zero-order chi connectivity index (χ0) is 23.7. The maximum Gasteiger partial charge on any atom is 0.338 e. The van der Waals surface area contributed by atoms with Gasteiger partial charge >= 0.3 is 5.97 Å². The molecule has 0 amide bonds. The minimum absolute atomic E-state index is 0.135. The maximum absolute atomic E-state index is 13.5. The predicted molar refractivity (Wildman–Crippen MR) is 125 cm³/mol. The molecule has 0 saturated heterocycles. The standard InChI is InChI=1S/C23H18ClN3O5S/c1-3-32-22(29)19-13(2)25-23-26(20(19)15-7-5-9-17(12-15)27(30)31)21(28)18(33-23)11-14-6-4-8-16(24)10-14/h4-12,20H,3H2,1-2H3/b18-11+/t20-/m0/s1. The molecule has 8 nitrogen and oxygen atoms in total. The van der Waals surface area contributed by atoms with Gasteiger partial charge in [-0.05, 0) is 43.2 Å². The number of non-ortho nitro benzene ring substituents is 1. The average Bonchev–Trinajstić information content (AvgIpc) is 3.07. The summed E-state index contributed by atoms with van der Waals surface area (Å²) in [5.41, 5.74) is 1.19. The molecule has 0 unspecified atom stereocenters. The van der Waals surface area contributed by atoms with Crippen LogP contribution in [0.25, 0.3) is 6.08 Å². The summed E-state index contributed by atoms with van der Waals surface area (Å²) in [5, 5.41) is 11.9. The summed E-state index contributed by atoms with van der Waals surface area (Å²) in [5.74, 6) is -0.626. The molecule has 0 N–H and O–H groups in total. The first-order valence-corrected chi connectivity index (χ1v) is 11.2. The van der Waals surface area contributed by atoms with Gasteiger partial charge in [-0.2, -0.15) is 0 Å². The Bertz CT molecular complexity index is 1490. The van der Waals surface area contributed by atoms with Crippen LogP contribution in [0.3, 0.4) is 0 Å². The fraction of sp³-hybridized carbons (Fsp3) is 0.174. The number of nitrogens with zero attached hydrogens (tertiary/aromatic N) is 3. The molecular weight excluding hydrogens is 466 g/mol. The number of hydrogen-bond donors (Lipinski definition) is 0. The Balaban J connectivity index is 1.98. The molecule has 0 spiro atoms. The predicted octanol–water partition coefficient (Wildman–Crippen LogP) is 3.36. The largest absolute Gasteiger partial charge is 0.463 e. The highest BCUT2D eigenvalue weighted by Gasteiger charge is 2.34. The van der Waals surface area contributed by atoms with Gasteiger partial charge < -0.3 is 4.74 Å². The Morgan fingerprint density at radius 2 is 2.06 bits per heavy atom. The summed E-state index contributed by atoms with van der Waals surface area (Å²) >= 11 is 7.23. The Morgan fingerprint density at radius 3 is 2.76 bits per heavy atom. The Morgan fingerprint density at radius 1 is 1.30 bits per heavy atom. The highest BCUT2D eigenvalue weighted by Crippen LogP contribution is 2.32. The molecule has 4 rings (SSSR count). The van der Waals surface area contributed by atoms with Gasteiger partial charge in [0.2, 0.25) is 0 Å². The number of nitro groups is 1. The number of nitro benzene ring substituents is 1. The molecule has 2 heterocycles. The van der Waals surface area contributed by atoms with Gasteiger partial charge in [-0.25, -0.2) is 9.79 Å². The monoisotopic (exact) mass is 483 g/mol. The number of thiazole rings is 1. The quantitative estimate of drug-likeness (QED) is 0.314. The number of carbonyl (C=O) groups excluding carboxylic acids is 1. The maximum atomic E-state index is 13.5. The van der Waals surface area contributed by atoms with E-state index in [4.69, 9.17) is 16.3 Å². The van der Waals surface area contributed by atoms with E-state index in [1.165, 1.54) is 34.1 Å². The lowest BCUT2D eigenvalue weighted by molar-refractivity contribution is -0.384. The molecule has 0 aliphatic carbocycles. The highest BCUT2D eigenvalue weighted by molar-refractivity contribution is 7.07. The van der Waals surface area contributed by atoms with Crippen molar-refractivity contribution in [1.82, 2.24) is 4.57 Å². The first-order chi connectivity index (χ1) is 15.8. The molecule has 33 heavy (non-hydrogen) atoms. The van der Waals surface area contributed by atoms with Gasteiger partial charge in [-0.15, -0.1) is 0 Å². The fourth-order valence-electron chi connectivity index (χ4n) is 3.66. The van der Waals surface area contributed by atoms with Gasteiger partial charge in [0.1, 0.15) is 0 Å². The van der Waals surface area contributed by atoms with E-state index in [2.05, 4.69) is 4.99 Å². The molecule has 0 radical (unpaired) electrons. The van der Waals surface area contributed by atoms with Crippen LogP contribution in [0.5, 0.6) is 0 Å². The van der Waals surface area contributed by atoms with Crippen molar-refractivity contribution in [2.45, 2.75) is 19.9 Å². The van der Waals surface area contributed by atoms with Gasteiger partial charge in [0.25, 0.3) is 11.2 Å². The molecule has 0 saturated carbocycles. The number of ether oxygens (including phenoxy) is 1. The van der Waals surface area contributed by atoms with Crippen LogP contribution >= 0.6 is 22.9 Å². The van der Waals surface area contributed by atoms with E-state index in [1.54, 1.807) is 44.2 Å². The number of allylic oxidation sites excluding steroid dienone is 1. The van der Waals surface area contributed by atoms with Gasteiger partial charge in [-0.3, -0.25) is 19.5 Å². The van der Waals surface area contributed by atoms with E-state index in [1.807, 2.05) is 6.07 Å². The van der Waals surface area contributed by atoms with Gasteiger partial charge in [0.15, 0.2) is 4.80 Å². The van der Waals surface area contributed by atoms with Gasteiger partial charge in [0, 0.05) is 17.2 Å². The second kappa shape index (κ2) is 9.13. The second-order valence-electron chi connectivity index (χ2n) is 7.21. The normalized spacial score (nSPS) is 15.7. The van der Waals surface area contributed by atoms with E-state index < -0.39 is 16.9 Å². The lowest BCUT2D eigenvalue weighted by atomic mass is 9.95. The van der Waals surface area contributed by atoms with E-state index in [0.717, 1.165) is 5.56 Å².